The Morgan fingerprint density at radius 2 is 1.71 bits per heavy atom. The Labute approximate surface area is 225 Å². The van der Waals surface area contributed by atoms with Gasteiger partial charge in [-0.05, 0) is 43.2 Å². The second-order valence-electron chi connectivity index (χ2n) is 8.04. The van der Waals surface area contributed by atoms with Gasteiger partial charge in [0.25, 0.3) is 0 Å². The maximum Gasteiger partial charge on any atom is 0.244 e. The lowest BCUT2D eigenvalue weighted by atomic mass is 10.1. The fourth-order valence-corrected chi connectivity index (χ4v) is 5.27. The van der Waals surface area contributed by atoms with Crippen molar-refractivity contribution in [2.24, 2.45) is 0 Å². The zero-order chi connectivity index (χ0) is 26.2. The summed E-state index contributed by atoms with van der Waals surface area (Å²) in [5, 5.41) is 3.57. The lowest BCUT2D eigenvalue weighted by molar-refractivity contribution is -0.140. The number of halogens is 3. The zero-order valence-corrected chi connectivity index (χ0v) is 23.8. The van der Waals surface area contributed by atoms with E-state index in [2.05, 4.69) is 21.2 Å². The van der Waals surface area contributed by atoms with Crippen molar-refractivity contribution in [3.8, 4) is 0 Å². The third-order valence-electron chi connectivity index (χ3n) is 5.38. The van der Waals surface area contributed by atoms with Crippen LogP contribution in [0.5, 0.6) is 0 Å². The standard InChI is InChI=1S/C24H30BrCl2N3O4S/c1-4-6-13-28-24(32)22(5-2)29(15-19-20(26)11-8-12-21(19)27)23(31)16-30(35(3,33)34)18-10-7-9-17(25)14-18/h7-12,14,22H,4-6,13,15-16H2,1-3H3,(H,28,32). The highest BCUT2D eigenvalue weighted by molar-refractivity contribution is 9.10. The number of rotatable bonds is 12. The Hall–Kier alpha value is -1.81. The number of anilines is 1. The molecule has 1 atom stereocenters. The quantitative estimate of drug-likeness (QED) is 0.335. The first kappa shape index (κ1) is 29.4. The molecule has 1 unspecified atom stereocenters. The van der Waals surface area contributed by atoms with Gasteiger partial charge in [0.2, 0.25) is 21.8 Å². The topological polar surface area (TPSA) is 86.8 Å². The second-order valence-corrected chi connectivity index (χ2v) is 11.7. The Morgan fingerprint density at radius 1 is 1.09 bits per heavy atom. The Balaban J connectivity index is 2.46. The van der Waals surface area contributed by atoms with Crippen molar-refractivity contribution < 1.29 is 18.0 Å². The van der Waals surface area contributed by atoms with Gasteiger partial charge in [-0.15, -0.1) is 0 Å². The number of hydrogen-bond donors (Lipinski definition) is 1. The number of nitrogens with one attached hydrogen (secondary N) is 1. The summed E-state index contributed by atoms with van der Waals surface area (Å²) in [7, 11) is -3.81. The number of carbonyl (C=O) groups is 2. The van der Waals surface area contributed by atoms with Crippen LogP contribution in [-0.2, 0) is 26.2 Å². The molecule has 1 N–H and O–H groups in total. The maximum atomic E-state index is 13.7. The SMILES string of the molecule is CCCCNC(=O)C(CC)N(Cc1c(Cl)cccc1Cl)C(=O)CN(c1cccc(Br)c1)S(C)(=O)=O. The van der Waals surface area contributed by atoms with Crippen LogP contribution in [0, 0.1) is 0 Å². The van der Waals surface area contributed by atoms with Crippen LogP contribution in [0.25, 0.3) is 0 Å². The van der Waals surface area contributed by atoms with E-state index in [4.69, 9.17) is 23.2 Å². The average molecular weight is 607 g/mol. The molecule has 0 spiro atoms. The largest absolute Gasteiger partial charge is 0.354 e. The summed E-state index contributed by atoms with van der Waals surface area (Å²) in [6, 6.07) is 10.8. The normalized spacial score (nSPS) is 12.2. The molecule has 0 saturated carbocycles. The Kier molecular flexibility index (Phi) is 11.3. The van der Waals surface area contributed by atoms with Crippen molar-refractivity contribution in [2.45, 2.75) is 45.7 Å². The molecule has 0 heterocycles. The molecule has 35 heavy (non-hydrogen) atoms. The first-order chi connectivity index (χ1) is 16.5. The molecule has 0 fully saturated rings. The third kappa shape index (κ3) is 8.37. The van der Waals surface area contributed by atoms with Crippen LogP contribution in [0.1, 0.15) is 38.7 Å². The number of sulfonamides is 1. The van der Waals surface area contributed by atoms with Crippen molar-refractivity contribution >= 4 is 66.7 Å². The molecule has 0 aliphatic carbocycles. The number of amides is 2. The first-order valence-electron chi connectivity index (χ1n) is 11.2. The average Bonchev–Trinajstić information content (AvgIpc) is 2.78. The van der Waals surface area contributed by atoms with Gasteiger partial charge < -0.3 is 10.2 Å². The Morgan fingerprint density at radius 3 is 2.26 bits per heavy atom. The molecule has 0 bridgehead atoms. The lowest BCUT2D eigenvalue weighted by Gasteiger charge is -2.33. The minimum absolute atomic E-state index is 0.0485. The van der Waals surface area contributed by atoms with Crippen molar-refractivity contribution in [3.05, 3.63) is 62.5 Å². The van der Waals surface area contributed by atoms with E-state index in [0.29, 0.717) is 38.7 Å². The molecule has 0 aliphatic heterocycles. The van der Waals surface area contributed by atoms with Gasteiger partial charge in [0.15, 0.2) is 0 Å². The van der Waals surface area contributed by atoms with Crippen molar-refractivity contribution in [2.75, 3.05) is 23.7 Å². The van der Waals surface area contributed by atoms with Gasteiger partial charge in [-0.2, -0.15) is 0 Å². The molecule has 2 rings (SSSR count). The lowest BCUT2D eigenvalue weighted by Crippen LogP contribution is -2.52. The van der Waals surface area contributed by atoms with E-state index in [9.17, 15) is 18.0 Å². The van der Waals surface area contributed by atoms with E-state index < -0.39 is 28.5 Å². The van der Waals surface area contributed by atoms with Crippen LogP contribution in [0.4, 0.5) is 5.69 Å². The van der Waals surface area contributed by atoms with E-state index in [1.165, 1.54) is 4.90 Å². The minimum atomic E-state index is -3.81. The van der Waals surface area contributed by atoms with Crippen LogP contribution in [0.3, 0.4) is 0 Å². The highest BCUT2D eigenvalue weighted by atomic mass is 79.9. The van der Waals surface area contributed by atoms with Gasteiger partial charge in [-0.1, -0.05) is 71.5 Å². The van der Waals surface area contributed by atoms with Gasteiger partial charge in [0.05, 0.1) is 11.9 Å². The highest BCUT2D eigenvalue weighted by Gasteiger charge is 2.32. The van der Waals surface area contributed by atoms with Crippen LogP contribution in [0.2, 0.25) is 10.0 Å². The summed E-state index contributed by atoms with van der Waals surface area (Å²) in [6.07, 6.45) is 3.06. The van der Waals surface area contributed by atoms with E-state index in [-0.39, 0.29) is 12.5 Å². The number of benzene rings is 2. The highest BCUT2D eigenvalue weighted by Crippen LogP contribution is 2.28. The van der Waals surface area contributed by atoms with Crippen LogP contribution >= 0.6 is 39.1 Å². The molecule has 2 aromatic rings. The molecule has 11 heteroatoms. The fraction of sp³-hybridized carbons (Fsp3) is 0.417. The molecular formula is C24H30BrCl2N3O4S. The summed E-state index contributed by atoms with van der Waals surface area (Å²) < 4.78 is 26.9. The van der Waals surface area contributed by atoms with E-state index in [1.807, 2.05) is 6.92 Å². The smallest absolute Gasteiger partial charge is 0.244 e. The minimum Gasteiger partial charge on any atom is -0.354 e. The van der Waals surface area contributed by atoms with E-state index >= 15 is 0 Å². The van der Waals surface area contributed by atoms with Gasteiger partial charge in [0.1, 0.15) is 12.6 Å². The number of nitrogens with zero attached hydrogens (tertiary/aromatic N) is 2. The number of carbonyl (C=O) groups excluding carboxylic acids is 2. The molecule has 2 amide bonds. The van der Waals surface area contributed by atoms with Crippen LogP contribution < -0.4 is 9.62 Å². The molecule has 7 nitrogen and oxygen atoms in total. The molecule has 192 valence electrons. The van der Waals surface area contributed by atoms with Crippen molar-refractivity contribution in [3.63, 3.8) is 0 Å². The fourth-order valence-electron chi connectivity index (χ4n) is 3.52. The molecule has 0 aliphatic rings. The monoisotopic (exact) mass is 605 g/mol. The number of hydrogen-bond acceptors (Lipinski definition) is 4. The van der Waals surface area contributed by atoms with Crippen LogP contribution in [0.15, 0.2) is 46.9 Å². The zero-order valence-electron chi connectivity index (χ0n) is 19.9. The van der Waals surface area contributed by atoms with Crippen molar-refractivity contribution in [1.29, 1.82) is 0 Å². The summed E-state index contributed by atoms with van der Waals surface area (Å²) >= 11 is 16.1. The van der Waals surface area contributed by atoms with Gasteiger partial charge in [-0.25, -0.2) is 8.42 Å². The first-order valence-corrected chi connectivity index (χ1v) is 14.6. The van der Waals surface area contributed by atoms with Crippen molar-refractivity contribution in [1.82, 2.24) is 10.2 Å². The van der Waals surface area contributed by atoms with Crippen LogP contribution in [-0.4, -0.2) is 50.5 Å². The summed E-state index contributed by atoms with van der Waals surface area (Å²) in [5.41, 5.74) is 0.809. The van der Waals surface area contributed by atoms with Gasteiger partial charge in [-0.3, -0.25) is 13.9 Å². The van der Waals surface area contributed by atoms with E-state index in [1.54, 1.807) is 49.4 Å². The number of unbranched alkanes of at least 4 members (excludes halogenated alkanes) is 1. The molecular weight excluding hydrogens is 577 g/mol. The maximum absolute atomic E-state index is 13.7. The summed E-state index contributed by atoms with van der Waals surface area (Å²) in [4.78, 5) is 28.1. The third-order valence-corrected chi connectivity index (χ3v) is 7.72. The molecule has 2 aromatic carbocycles. The molecule has 0 saturated heterocycles. The van der Waals surface area contributed by atoms with Gasteiger partial charge >= 0.3 is 0 Å². The Bertz CT molecular complexity index is 1130. The predicted octanol–water partition coefficient (Wildman–Crippen LogP) is 5.25. The van der Waals surface area contributed by atoms with E-state index in [0.717, 1.165) is 23.4 Å². The molecule has 0 radical (unpaired) electrons. The summed E-state index contributed by atoms with van der Waals surface area (Å²) in [5.74, 6) is -0.866. The molecule has 0 aromatic heterocycles. The predicted molar refractivity (Wildman–Crippen MR) is 145 cm³/mol. The van der Waals surface area contributed by atoms with Gasteiger partial charge in [0, 0.05) is 33.2 Å². The summed E-state index contributed by atoms with van der Waals surface area (Å²) in [6.45, 7) is 3.75. The second kappa shape index (κ2) is 13.5.